The number of carbonyl (C=O) groups is 1. The molecule has 0 saturated heterocycles. The van der Waals surface area contributed by atoms with E-state index < -0.39 is 11.7 Å². The fourth-order valence-corrected chi connectivity index (χ4v) is 2.97. The van der Waals surface area contributed by atoms with Gasteiger partial charge in [-0.25, -0.2) is 4.39 Å². The number of aryl methyl sites for hydroxylation is 1. The van der Waals surface area contributed by atoms with Crippen molar-refractivity contribution in [3.63, 3.8) is 0 Å². The molecule has 1 amide bonds. The maximum Gasteiger partial charge on any atom is 0.239 e. The van der Waals surface area contributed by atoms with Gasteiger partial charge in [0.15, 0.2) is 0 Å². The highest BCUT2D eigenvalue weighted by molar-refractivity contribution is 6.33. The lowest BCUT2D eigenvalue weighted by atomic mass is 9.98. The molecule has 2 heterocycles. The summed E-state index contributed by atoms with van der Waals surface area (Å²) in [5.41, 5.74) is 3.06. The average molecular weight is 381 g/mol. The van der Waals surface area contributed by atoms with Gasteiger partial charge in [-0.3, -0.25) is 9.48 Å². The van der Waals surface area contributed by atoms with Crippen molar-refractivity contribution in [1.29, 1.82) is 0 Å². The van der Waals surface area contributed by atoms with E-state index in [-0.39, 0.29) is 22.2 Å². The Labute approximate surface area is 154 Å². The predicted molar refractivity (Wildman–Crippen MR) is 97.9 cm³/mol. The zero-order valence-corrected chi connectivity index (χ0v) is 14.8. The van der Waals surface area contributed by atoms with E-state index in [9.17, 15) is 9.18 Å². The van der Waals surface area contributed by atoms with Gasteiger partial charge in [0.05, 0.1) is 11.2 Å². The molecule has 0 spiro atoms. The third-order valence-electron chi connectivity index (χ3n) is 3.69. The van der Waals surface area contributed by atoms with Gasteiger partial charge in [0, 0.05) is 48.4 Å². The molecular weight excluding hydrogens is 366 g/mol. The number of alkyl halides is 1. The van der Waals surface area contributed by atoms with Gasteiger partial charge in [0.1, 0.15) is 11.7 Å². The normalized spacial score (nSPS) is 13.8. The second-order valence-electron chi connectivity index (χ2n) is 5.55. The molecule has 5 nitrogen and oxygen atoms in total. The lowest BCUT2D eigenvalue weighted by molar-refractivity contribution is -0.113. The van der Waals surface area contributed by atoms with E-state index in [2.05, 4.69) is 15.7 Å². The number of carbonyl (C=O) groups excluding carboxylic acids is 1. The Morgan fingerprint density at radius 3 is 2.92 bits per heavy atom. The molecule has 0 unspecified atom stereocenters. The van der Waals surface area contributed by atoms with Crippen molar-refractivity contribution in [2.45, 2.75) is 0 Å². The van der Waals surface area contributed by atoms with Crippen molar-refractivity contribution < 1.29 is 9.18 Å². The fourth-order valence-electron chi connectivity index (χ4n) is 2.58. The Balaban J connectivity index is 1.94. The van der Waals surface area contributed by atoms with Crippen molar-refractivity contribution in [1.82, 2.24) is 15.1 Å². The minimum atomic E-state index is -0.533. The van der Waals surface area contributed by atoms with Crippen LogP contribution in [0.2, 0.25) is 5.02 Å². The third-order valence-corrected chi connectivity index (χ3v) is 4.23. The van der Waals surface area contributed by atoms with Crippen LogP contribution in [0.4, 0.5) is 10.1 Å². The van der Waals surface area contributed by atoms with Gasteiger partial charge >= 0.3 is 0 Å². The topological polar surface area (TPSA) is 59.0 Å². The number of amides is 1. The highest BCUT2D eigenvalue weighted by Crippen LogP contribution is 2.33. The Bertz CT molecular complexity index is 866. The number of benzene rings is 1. The molecule has 3 rings (SSSR count). The van der Waals surface area contributed by atoms with Crippen molar-refractivity contribution in [3.8, 4) is 0 Å². The van der Waals surface area contributed by atoms with Crippen molar-refractivity contribution in [2.24, 2.45) is 7.05 Å². The Morgan fingerprint density at radius 2 is 2.28 bits per heavy atom. The number of hydrogen-bond donors (Lipinski definition) is 2. The van der Waals surface area contributed by atoms with E-state index in [1.165, 1.54) is 12.1 Å². The smallest absolute Gasteiger partial charge is 0.239 e. The summed E-state index contributed by atoms with van der Waals surface area (Å²) in [6.07, 6.45) is 7.22. The first-order chi connectivity index (χ1) is 12.0. The highest BCUT2D eigenvalue weighted by atomic mass is 35.5. The maximum atomic E-state index is 14.6. The summed E-state index contributed by atoms with van der Waals surface area (Å²) < 4.78 is 16.3. The second kappa shape index (κ2) is 7.29. The monoisotopic (exact) mass is 380 g/mol. The molecule has 8 heteroatoms. The van der Waals surface area contributed by atoms with Gasteiger partial charge in [0.25, 0.3) is 0 Å². The standard InChI is InChI=1S/C17H15Cl2FN4O/c1-24-9-12(8-22-24)10-2-11(7-21-6-10)17-14(19)3-13(4-15(17)20)23-16(25)5-18/h2-4,7-9,21H,5-6H2,1H3,(H,23,25). The van der Waals surface area contributed by atoms with Gasteiger partial charge in [-0.05, 0) is 23.8 Å². The third kappa shape index (κ3) is 3.86. The number of nitrogens with zero attached hydrogens (tertiary/aromatic N) is 2. The zero-order valence-electron chi connectivity index (χ0n) is 13.3. The molecule has 2 aromatic rings. The molecule has 2 N–H and O–H groups in total. The van der Waals surface area contributed by atoms with E-state index in [1.54, 1.807) is 17.1 Å². The van der Waals surface area contributed by atoms with Crippen LogP contribution < -0.4 is 10.6 Å². The van der Waals surface area contributed by atoms with Gasteiger partial charge in [-0.1, -0.05) is 11.6 Å². The Morgan fingerprint density at radius 1 is 1.48 bits per heavy atom. The summed E-state index contributed by atoms with van der Waals surface area (Å²) in [5.74, 6) is -1.18. The predicted octanol–water partition coefficient (Wildman–Crippen LogP) is 3.42. The van der Waals surface area contributed by atoms with Crippen LogP contribution in [0.5, 0.6) is 0 Å². The number of dihydropyridines is 1. The molecular formula is C17H15Cl2FN4O. The van der Waals surface area contributed by atoms with Crippen molar-refractivity contribution >= 4 is 45.9 Å². The zero-order chi connectivity index (χ0) is 18.0. The molecule has 0 fully saturated rings. The molecule has 0 saturated carbocycles. The molecule has 1 aliphatic heterocycles. The summed E-state index contributed by atoms with van der Waals surface area (Å²) in [6, 6.07) is 2.72. The minimum absolute atomic E-state index is 0.196. The summed E-state index contributed by atoms with van der Waals surface area (Å²) >= 11 is 11.7. The van der Waals surface area contributed by atoms with Crippen molar-refractivity contribution in [2.75, 3.05) is 17.7 Å². The van der Waals surface area contributed by atoms with Crippen LogP contribution in [0.3, 0.4) is 0 Å². The van der Waals surface area contributed by atoms with Crippen LogP contribution in [0, 0.1) is 5.82 Å². The van der Waals surface area contributed by atoms with E-state index >= 15 is 0 Å². The molecule has 0 atom stereocenters. The number of hydrogen-bond acceptors (Lipinski definition) is 3. The molecule has 130 valence electrons. The number of allylic oxidation sites excluding steroid dienone is 2. The molecule has 1 aromatic heterocycles. The van der Waals surface area contributed by atoms with Gasteiger partial charge in [-0.2, -0.15) is 5.10 Å². The molecule has 1 aromatic carbocycles. The fraction of sp³-hybridized carbons (Fsp3) is 0.176. The SMILES string of the molecule is Cn1cc(C2=CC(c3c(F)cc(NC(=O)CCl)cc3Cl)=CNC2)cn1. The maximum absolute atomic E-state index is 14.6. The van der Waals surface area contributed by atoms with Crippen LogP contribution >= 0.6 is 23.2 Å². The molecule has 1 aliphatic rings. The van der Waals surface area contributed by atoms with Crippen LogP contribution in [0.25, 0.3) is 11.1 Å². The number of aromatic nitrogens is 2. The minimum Gasteiger partial charge on any atom is -0.386 e. The molecule has 0 bridgehead atoms. The van der Waals surface area contributed by atoms with Crippen LogP contribution in [-0.2, 0) is 11.8 Å². The summed E-state index contributed by atoms with van der Waals surface area (Å²) in [4.78, 5) is 11.3. The first-order valence-corrected chi connectivity index (χ1v) is 8.37. The number of nitrogens with one attached hydrogen (secondary N) is 2. The van der Waals surface area contributed by atoms with E-state index in [4.69, 9.17) is 23.2 Å². The largest absolute Gasteiger partial charge is 0.386 e. The average Bonchev–Trinajstić information content (AvgIpc) is 3.01. The van der Waals surface area contributed by atoms with Crippen LogP contribution in [0.1, 0.15) is 11.1 Å². The molecule has 0 aliphatic carbocycles. The number of anilines is 1. The first-order valence-electron chi connectivity index (χ1n) is 7.46. The van der Waals surface area contributed by atoms with E-state index in [0.717, 1.165) is 11.1 Å². The second-order valence-corrected chi connectivity index (χ2v) is 6.22. The number of halogens is 3. The van der Waals surface area contributed by atoms with Gasteiger partial charge in [-0.15, -0.1) is 11.6 Å². The summed E-state index contributed by atoms with van der Waals surface area (Å²) in [5, 5.41) is 9.95. The lowest BCUT2D eigenvalue weighted by Gasteiger charge is -2.17. The Hall–Kier alpha value is -2.31. The van der Waals surface area contributed by atoms with Crippen LogP contribution in [-0.4, -0.2) is 28.1 Å². The van der Waals surface area contributed by atoms with Crippen molar-refractivity contribution in [3.05, 3.63) is 58.8 Å². The van der Waals surface area contributed by atoms with Crippen LogP contribution in [0.15, 0.2) is 36.8 Å². The van der Waals surface area contributed by atoms with E-state index in [1.807, 2.05) is 19.3 Å². The van der Waals surface area contributed by atoms with Gasteiger partial charge < -0.3 is 10.6 Å². The Kier molecular flexibility index (Phi) is 5.11. The quantitative estimate of drug-likeness (QED) is 0.798. The summed E-state index contributed by atoms with van der Waals surface area (Å²) in [6.45, 7) is 0.609. The first kappa shape index (κ1) is 17.5. The molecule has 25 heavy (non-hydrogen) atoms. The lowest BCUT2D eigenvalue weighted by Crippen LogP contribution is -2.15. The number of rotatable bonds is 4. The van der Waals surface area contributed by atoms with Gasteiger partial charge in [0.2, 0.25) is 5.91 Å². The highest BCUT2D eigenvalue weighted by Gasteiger charge is 2.17. The summed E-state index contributed by atoms with van der Waals surface area (Å²) in [7, 11) is 1.83. The molecule has 0 radical (unpaired) electrons. The van der Waals surface area contributed by atoms with E-state index in [0.29, 0.717) is 12.1 Å².